The van der Waals surface area contributed by atoms with Crippen molar-refractivity contribution in [3.63, 3.8) is 0 Å². The van der Waals surface area contributed by atoms with Crippen LogP contribution in [-0.4, -0.2) is 20.0 Å². The third-order valence-corrected chi connectivity index (χ3v) is 8.13. The number of allylic oxidation sites excluding steroid dienone is 1. The van der Waals surface area contributed by atoms with Crippen molar-refractivity contribution in [1.82, 2.24) is 4.72 Å². The first-order chi connectivity index (χ1) is 18.7. The zero-order valence-corrected chi connectivity index (χ0v) is 23.0. The van der Waals surface area contributed by atoms with E-state index < -0.39 is 22.0 Å². The lowest BCUT2D eigenvalue weighted by molar-refractivity contribution is 0.0891. The minimum atomic E-state index is -4.07. The maximum Gasteiger partial charge on any atom is 0.241 e. The Kier molecular flexibility index (Phi) is 8.92. The van der Waals surface area contributed by atoms with Crippen molar-refractivity contribution in [3.05, 3.63) is 149 Å². The summed E-state index contributed by atoms with van der Waals surface area (Å²) in [5.74, 6) is -1.63. The van der Waals surface area contributed by atoms with Gasteiger partial charge in [0, 0.05) is 22.1 Å². The fourth-order valence-electron chi connectivity index (χ4n) is 4.37. The molecule has 0 amide bonds. The third-order valence-electron chi connectivity index (χ3n) is 6.44. The highest BCUT2D eigenvalue weighted by molar-refractivity contribution is 7.89. The largest absolute Gasteiger partial charge is 0.294 e. The third kappa shape index (κ3) is 6.98. The van der Waals surface area contributed by atoms with E-state index in [2.05, 4.69) is 11.3 Å². The Morgan fingerprint density at radius 2 is 1.41 bits per heavy atom. The number of hydrogen-bond donors (Lipinski definition) is 1. The Morgan fingerprint density at radius 1 is 0.821 bits per heavy atom. The number of Topliss-reactive ketones (excluding diaryl/α,β-unsaturated/α-hetero) is 2. The van der Waals surface area contributed by atoms with Gasteiger partial charge < -0.3 is 0 Å². The van der Waals surface area contributed by atoms with Crippen molar-refractivity contribution >= 4 is 33.2 Å². The van der Waals surface area contributed by atoms with Gasteiger partial charge in [-0.2, -0.15) is 0 Å². The van der Waals surface area contributed by atoms with E-state index in [-0.39, 0.29) is 28.5 Å². The zero-order chi connectivity index (χ0) is 28.0. The molecule has 0 fully saturated rings. The molecule has 4 aromatic rings. The molecule has 0 saturated heterocycles. The van der Waals surface area contributed by atoms with Gasteiger partial charge in [-0.25, -0.2) is 13.1 Å². The van der Waals surface area contributed by atoms with Crippen LogP contribution in [0.2, 0.25) is 5.02 Å². The number of carbonyl (C=O) groups is 2. The number of rotatable bonds is 11. The van der Waals surface area contributed by atoms with Crippen molar-refractivity contribution in [2.75, 3.05) is 0 Å². The topological polar surface area (TPSA) is 80.3 Å². The maximum atomic E-state index is 14.0. The number of aryl methyl sites for hydroxylation is 1. The molecule has 0 radical (unpaired) electrons. The van der Waals surface area contributed by atoms with Crippen LogP contribution in [0.25, 0.3) is 0 Å². The van der Waals surface area contributed by atoms with Gasteiger partial charge in [0.1, 0.15) is 0 Å². The van der Waals surface area contributed by atoms with Crippen LogP contribution >= 0.6 is 11.6 Å². The van der Waals surface area contributed by atoms with E-state index in [0.717, 1.165) is 5.56 Å². The fraction of sp³-hybridized carbons (Fsp3) is 0.125. The Bertz CT molecular complexity index is 1580. The molecule has 5 nitrogen and oxygen atoms in total. The molecule has 1 N–H and O–H groups in total. The molecule has 39 heavy (non-hydrogen) atoms. The van der Waals surface area contributed by atoms with Gasteiger partial charge in [0.2, 0.25) is 10.0 Å². The van der Waals surface area contributed by atoms with E-state index in [4.69, 9.17) is 11.6 Å². The predicted molar refractivity (Wildman–Crippen MR) is 154 cm³/mol. The van der Waals surface area contributed by atoms with Gasteiger partial charge in [0.05, 0.1) is 10.9 Å². The molecule has 0 aliphatic rings. The first kappa shape index (κ1) is 28.2. The molecule has 2 atom stereocenters. The molecule has 0 unspecified atom stereocenters. The maximum absolute atomic E-state index is 14.0. The fourth-order valence-corrected chi connectivity index (χ4v) is 5.83. The lowest BCUT2D eigenvalue weighted by Gasteiger charge is -2.28. The van der Waals surface area contributed by atoms with E-state index in [1.807, 2.05) is 6.92 Å². The van der Waals surface area contributed by atoms with E-state index in [1.54, 1.807) is 97.1 Å². The lowest BCUT2D eigenvalue weighted by atomic mass is 9.81. The summed E-state index contributed by atoms with van der Waals surface area (Å²) in [5.41, 5.74) is 2.43. The molecule has 0 aliphatic heterocycles. The second-order valence-corrected chi connectivity index (χ2v) is 11.5. The minimum absolute atomic E-state index is 0.0604. The zero-order valence-electron chi connectivity index (χ0n) is 21.4. The molecule has 4 aromatic carbocycles. The molecule has 0 aromatic heterocycles. The smallest absolute Gasteiger partial charge is 0.241 e. The van der Waals surface area contributed by atoms with E-state index in [0.29, 0.717) is 21.7 Å². The molecule has 0 aliphatic carbocycles. The molecule has 0 spiro atoms. The second kappa shape index (κ2) is 12.3. The van der Waals surface area contributed by atoms with Gasteiger partial charge in [-0.05, 0) is 48.7 Å². The number of nitrogens with one attached hydrogen (secondary N) is 1. The lowest BCUT2D eigenvalue weighted by Crippen LogP contribution is -2.37. The summed E-state index contributed by atoms with van der Waals surface area (Å²) in [6, 6.07) is 29.3. The second-order valence-electron chi connectivity index (χ2n) is 9.31. The number of benzene rings is 4. The Hall–Kier alpha value is -3.84. The number of ketones is 2. The van der Waals surface area contributed by atoms with Crippen molar-refractivity contribution in [2.45, 2.75) is 24.3 Å². The van der Waals surface area contributed by atoms with Crippen LogP contribution in [0.4, 0.5) is 0 Å². The first-order valence-electron chi connectivity index (χ1n) is 12.4. The number of carbonyl (C=O) groups excluding carboxylic acids is 2. The summed E-state index contributed by atoms with van der Waals surface area (Å²) in [6.07, 6.45) is -0.0744. The average molecular weight is 558 g/mol. The van der Waals surface area contributed by atoms with Crippen LogP contribution in [0.5, 0.6) is 0 Å². The summed E-state index contributed by atoms with van der Waals surface area (Å²) >= 11 is 6.30. The van der Waals surface area contributed by atoms with Crippen molar-refractivity contribution in [1.29, 1.82) is 0 Å². The van der Waals surface area contributed by atoms with Crippen LogP contribution in [0.1, 0.15) is 44.3 Å². The number of hydrogen-bond acceptors (Lipinski definition) is 4. The van der Waals surface area contributed by atoms with Gasteiger partial charge >= 0.3 is 0 Å². The Labute approximate surface area is 234 Å². The quantitative estimate of drug-likeness (QED) is 0.159. The van der Waals surface area contributed by atoms with Crippen LogP contribution in [-0.2, 0) is 10.0 Å². The summed E-state index contributed by atoms with van der Waals surface area (Å²) in [4.78, 5) is 27.3. The molecular weight excluding hydrogens is 530 g/mol. The molecule has 0 bridgehead atoms. The summed E-state index contributed by atoms with van der Waals surface area (Å²) in [6.45, 7) is 5.86. The van der Waals surface area contributed by atoms with Crippen molar-refractivity contribution in [2.24, 2.45) is 5.92 Å². The van der Waals surface area contributed by atoms with Gasteiger partial charge in [-0.15, -0.1) is 0 Å². The van der Waals surface area contributed by atoms with Gasteiger partial charge in [-0.1, -0.05) is 109 Å². The summed E-state index contributed by atoms with van der Waals surface area (Å²) < 4.78 is 29.9. The van der Waals surface area contributed by atoms with Crippen LogP contribution in [0, 0.1) is 12.8 Å². The average Bonchev–Trinajstić information content (AvgIpc) is 2.95. The molecule has 7 heteroatoms. The standard InChI is InChI=1S/C32H28ClNO4S/c1-22-16-18-28(19-17-22)39(37,38)34-30(26-14-9-15-27(33)21-26)29(32(36)25-12-7-4-8-13-25)20-23(2)31(35)24-10-5-3-6-11-24/h3-19,21,29-30,34H,2,20H2,1H3/t29-,30-/m1/s1. The highest BCUT2D eigenvalue weighted by Gasteiger charge is 2.35. The summed E-state index contributed by atoms with van der Waals surface area (Å²) in [7, 11) is -4.07. The van der Waals surface area contributed by atoms with Crippen LogP contribution in [0.3, 0.4) is 0 Å². The van der Waals surface area contributed by atoms with Crippen molar-refractivity contribution < 1.29 is 18.0 Å². The van der Waals surface area contributed by atoms with Gasteiger partial charge in [0.25, 0.3) is 0 Å². The van der Waals surface area contributed by atoms with E-state index >= 15 is 0 Å². The van der Waals surface area contributed by atoms with E-state index in [9.17, 15) is 18.0 Å². The number of halogens is 1. The number of sulfonamides is 1. The van der Waals surface area contributed by atoms with Gasteiger partial charge in [-0.3, -0.25) is 9.59 Å². The first-order valence-corrected chi connectivity index (χ1v) is 14.2. The van der Waals surface area contributed by atoms with Gasteiger partial charge in [0.15, 0.2) is 11.6 Å². The molecule has 0 heterocycles. The minimum Gasteiger partial charge on any atom is -0.294 e. The SMILES string of the molecule is C=C(C[C@@H](C(=O)c1ccccc1)[C@H](NS(=O)(=O)c1ccc(C)cc1)c1cccc(Cl)c1)C(=O)c1ccccc1. The molecule has 4 rings (SSSR count). The highest BCUT2D eigenvalue weighted by Crippen LogP contribution is 2.34. The molecule has 198 valence electrons. The predicted octanol–water partition coefficient (Wildman–Crippen LogP) is 7.00. The molecule has 0 saturated carbocycles. The monoisotopic (exact) mass is 557 g/mol. The Balaban J connectivity index is 1.80. The molecular formula is C32H28ClNO4S. The van der Waals surface area contributed by atoms with Crippen molar-refractivity contribution in [3.8, 4) is 0 Å². The van der Waals surface area contributed by atoms with E-state index in [1.165, 1.54) is 12.1 Å². The summed E-state index contributed by atoms with van der Waals surface area (Å²) in [5, 5.41) is 0.386. The van der Waals surface area contributed by atoms with Crippen LogP contribution in [0.15, 0.2) is 126 Å². The highest BCUT2D eigenvalue weighted by atomic mass is 35.5. The van der Waals surface area contributed by atoms with Crippen LogP contribution < -0.4 is 4.72 Å². The normalized spacial score (nSPS) is 12.9. The Morgan fingerprint density at radius 3 is 2.00 bits per heavy atom.